The van der Waals surface area contributed by atoms with Crippen molar-refractivity contribution in [2.24, 2.45) is 52.0 Å². The highest BCUT2D eigenvalue weighted by molar-refractivity contribution is 5.99. The highest BCUT2D eigenvalue weighted by Gasteiger charge is 2.40. The topological polar surface area (TPSA) is 449 Å². The number of carbonyl (C=O) groups is 11. The molecular formula is C61H102N12O15. The van der Waals surface area contributed by atoms with E-state index in [1.807, 2.05) is 20.8 Å². The van der Waals surface area contributed by atoms with Gasteiger partial charge >= 0.3 is 0 Å². The molecule has 4 unspecified atom stereocenters. The summed E-state index contributed by atoms with van der Waals surface area (Å²) >= 11 is 0. The van der Waals surface area contributed by atoms with E-state index in [4.69, 9.17) is 27.7 Å². The molecule has 27 nitrogen and oxygen atoms in total. The van der Waals surface area contributed by atoms with Crippen LogP contribution in [0.25, 0.3) is 0 Å². The number of nitrogens with zero attached hydrogens (tertiary/aromatic N) is 1. The number of ether oxygens (including phenoxy) is 1. The summed E-state index contributed by atoms with van der Waals surface area (Å²) in [4.78, 5) is 157. The second-order valence-electron chi connectivity index (χ2n) is 24.4. The van der Waals surface area contributed by atoms with Crippen LogP contribution < -0.4 is 60.2 Å². The third-order valence-electron chi connectivity index (χ3n) is 16.4. The van der Waals surface area contributed by atoms with Crippen molar-refractivity contribution >= 4 is 64.6 Å². The fraction of sp³-hybridized carbons (Fsp3) is 0.721. The van der Waals surface area contributed by atoms with Crippen LogP contribution in [0.2, 0.25) is 0 Å². The zero-order valence-electron chi connectivity index (χ0n) is 52.5. The Kier molecular flexibility index (Phi) is 33.0. The Morgan fingerprint density at radius 3 is 1.91 bits per heavy atom. The number of rotatable bonds is 28. The maximum absolute atomic E-state index is 14.7. The Morgan fingerprint density at radius 1 is 0.716 bits per heavy atom. The first kappa shape index (κ1) is 75.9. The van der Waals surface area contributed by atoms with Crippen LogP contribution in [-0.4, -0.2) is 191 Å². The zero-order valence-corrected chi connectivity index (χ0v) is 52.5. The van der Waals surface area contributed by atoms with E-state index in [1.165, 1.54) is 18.7 Å². The Morgan fingerprint density at radius 2 is 1.31 bits per heavy atom. The first-order valence-corrected chi connectivity index (χ1v) is 31.1. The molecule has 0 aliphatic carbocycles. The van der Waals surface area contributed by atoms with Crippen molar-refractivity contribution in [3.63, 3.8) is 0 Å². The number of hydrogen-bond donors (Lipinski definition) is 14. The molecule has 18 N–H and O–H groups in total. The maximum atomic E-state index is 14.7. The van der Waals surface area contributed by atoms with Crippen LogP contribution in [0.5, 0.6) is 0 Å². The molecule has 0 radical (unpaired) electrons. The van der Waals surface area contributed by atoms with Gasteiger partial charge in [0.1, 0.15) is 24.2 Å². The van der Waals surface area contributed by atoms with Crippen LogP contribution in [0.4, 0.5) is 0 Å². The lowest BCUT2D eigenvalue weighted by Gasteiger charge is -2.36. The Balaban J connectivity index is 2.05. The van der Waals surface area contributed by atoms with Crippen molar-refractivity contribution in [2.75, 3.05) is 45.9 Å². The second kappa shape index (κ2) is 38.3. The van der Waals surface area contributed by atoms with Gasteiger partial charge in [0.05, 0.1) is 49.3 Å². The van der Waals surface area contributed by atoms with Crippen molar-refractivity contribution in [2.45, 2.75) is 206 Å². The van der Waals surface area contributed by atoms with Gasteiger partial charge in [-0.05, 0) is 116 Å². The number of benzene rings is 1. The summed E-state index contributed by atoms with van der Waals surface area (Å²) in [6.07, 6.45) is -4.59. The summed E-state index contributed by atoms with van der Waals surface area (Å²) in [5, 5.41) is 50.8. The average molecular weight is 1240 g/mol. The van der Waals surface area contributed by atoms with Gasteiger partial charge in [0.15, 0.2) is 23.6 Å². The van der Waals surface area contributed by atoms with Gasteiger partial charge in [0.25, 0.3) is 0 Å². The zero-order chi connectivity index (χ0) is 65.8. The Labute approximate surface area is 517 Å². The fourth-order valence-corrected chi connectivity index (χ4v) is 10.5. The highest BCUT2D eigenvalue weighted by atomic mass is 16.6. The molecule has 496 valence electrons. The average Bonchev–Trinajstić information content (AvgIpc) is 2.68. The van der Waals surface area contributed by atoms with Gasteiger partial charge in [0.2, 0.25) is 47.3 Å². The van der Waals surface area contributed by atoms with Gasteiger partial charge in [-0.1, -0.05) is 65.0 Å². The summed E-state index contributed by atoms with van der Waals surface area (Å²) in [5.41, 5.74) is 23.8. The quantitative estimate of drug-likeness (QED) is 0.0409. The first-order chi connectivity index (χ1) is 41.6. The number of ketones is 3. The van der Waals surface area contributed by atoms with Crippen LogP contribution in [-0.2, 0) is 63.9 Å². The maximum Gasteiger partial charge on any atom is 0.245 e. The van der Waals surface area contributed by atoms with E-state index in [0.717, 1.165) is 0 Å². The molecule has 0 bridgehead atoms. The van der Waals surface area contributed by atoms with Gasteiger partial charge in [-0.2, -0.15) is 0 Å². The molecule has 88 heavy (non-hydrogen) atoms. The van der Waals surface area contributed by atoms with Crippen LogP contribution in [0, 0.1) is 29.1 Å². The van der Waals surface area contributed by atoms with E-state index >= 15 is 0 Å². The van der Waals surface area contributed by atoms with E-state index in [2.05, 4.69) is 37.2 Å². The molecule has 0 aromatic heterocycles. The lowest BCUT2D eigenvalue weighted by Crippen LogP contribution is -2.59. The number of piperidine rings is 1. The van der Waals surface area contributed by atoms with Crippen LogP contribution >= 0.6 is 0 Å². The third kappa shape index (κ3) is 24.6. The molecule has 0 spiro atoms. The van der Waals surface area contributed by atoms with E-state index in [9.17, 15) is 68.1 Å². The number of carbonyl (C=O) groups excluding carboxylic acids is 11. The molecular weight excluding hydrogens is 1140 g/mol. The minimum absolute atomic E-state index is 0.0566. The monoisotopic (exact) mass is 1240 g/mol. The van der Waals surface area contributed by atoms with Gasteiger partial charge < -0.3 is 85.1 Å². The lowest BCUT2D eigenvalue weighted by molar-refractivity contribution is -0.170. The third-order valence-corrected chi connectivity index (χ3v) is 16.4. The Bertz CT molecular complexity index is 2470. The SMILES string of the molecule is CCC(C)(C)C(O)OCCC(=O)N1CCCCC1C(=O)C[C@H](C(=O)N[C@@H](CCN)C(=O)C[C@H]1CCNC(=O)[C@H](C(C)O)NC(=O)[C@H](CCN)CC(=O)[C@H](CCN)NC(=O)[C@H](CC(C)C)NC(=O)[C@@H](Cc2ccccc2)NC(=O)[C@H](CCN)NC1=O)C(C)O. The molecule has 2 saturated heterocycles. The van der Waals surface area contributed by atoms with Gasteiger partial charge in [-0.25, -0.2) is 0 Å². The number of likely N-dealkylation sites (tertiary alicyclic amines) is 1. The van der Waals surface area contributed by atoms with E-state index in [1.54, 1.807) is 44.2 Å². The molecule has 3 rings (SSSR count). The van der Waals surface area contributed by atoms with Crippen molar-refractivity contribution in [1.29, 1.82) is 0 Å². The number of nitrogens with two attached hydrogens (primary N) is 4. The molecule has 1 aromatic rings. The minimum Gasteiger partial charge on any atom is -0.393 e. The molecule has 2 fully saturated rings. The second-order valence-corrected chi connectivity index (χ2v) is 24.4. The number of amides is 8. The summed E-state index contributed by atoms with van der Waals surface area (Å²) in [5.74, 6) is -12.4. The first-order valence-electron chi connectivity index (χ1n) is 31.1. The molecule has 1 aromatic carbocycles. The smallest absolute Gasteiger partial charge is 0.245 e. The van der Waals surface area contributed by atoms with Crippen LogP contribution in [0.1, 0.15) is 144 Å². The number of hydrogen-bond acceptors (Lipinski definition) is 19. The number of Topliss-reactive ketones (excluding diaryl/α,β-unsaturated/α-hetero) is 3. The Hall–Kier alpha value is -6.33. The predicted molar refractivity (Wildman–Crippen MR) is 326 cm³/mol. The van der Waals surface area contributed by atoms with Crippen molar-refractivity contribution in [1.82, 2.24) is 42.1 Å². The highest BCUT2D eigenvalue weighted by Crippen LogP contribution is 2.27. The summed E-state index contributed by atoms with van der Waals surface area (Å²) in [6.45, 7) is 11.0. The molecule has 2 aliphatic heterocycles. The van der Waals surface area contributed by atoms with Crippen molar-refractivity contribution in [3.05, 3.63) is 35.9 Å². The molecule has 2 aliphatic rings. The van der Waals surface area contributed by atoms with Gasteiger partial charge in [-0.3, -0.25) is 52.7 Å². The molecule has 0 saturated carbocycles. The molecule has 27 heteroatoms. The number of aliphatic hydroxyl groups excluding tert-OH is 3. The predicted octanol–water partition coefficient (Wildman–Crippen LogP) is -1.87. The summed E-state index contributed by atoms with van der Waals surface area (Å²) in [6, 6.07) is -0.673. The molecule has 8 amide bonds. The standard InChI is InChI=1S/C61H102N12O15/c1-8-61(6,7)60(87)88-29-22-51(79)73-28-13-12-16-47(73)50(78)34-41(36(4)74)55(82)67-42(18-24-63)49(77)33-40-21-27-66-59(86)52(37(5)75)72-54(81)39(17-23-62)32-48(76)43(19-25-64)68-57(84)45(30-35(2)3)70-58(85)46(31-38-14-10-9-11-15-38)71-56(83)44(20-26-65)69-53(40)80/h9-11,14-15,35-37,39-47,52,60,74-75,87H,8,12-13,16-34,62-65H2,1-7H3,(H,66,86)(H,67,82)(H,68,84)(H,69,80)(H,70,85)(H,71,83)(H,72,81)/t36?,37?,39-,40-,41+,42+,43+,44+,45+,46-,47?,52+,60?/m1/s1. The number of nitrogens with one attached hydrogen (secondary N) is 7. The van der Waals surface area contributed by atoms with Gasteiger partial charge in [-0.15, -0.1) is 0 Å². The van der Waals surface area contributed by atoms with E-state index in [-0.39, 0.29) is 109 Å². The van der Waals surface area contributed by atoms with Crippen molar-refractivity contribution < 1.29 is 72.8 Å². The number of aliphatic hydroxyl groups is 3. The van der Waals surface area contributed by atoms with Gasteiger partial charge in [0, 0.05) is 56.0 Å². The largest absolute Gasteiger partial charge is 0.393 e. The van der Waals surface area contributed by atoms with Crippen molar-refractivity contribution in [3.8, 4) is 0 Å². The molecule has 13 atom stereocenters. The lowest BCUT2D eigenvalue weighted by atomic mass is 9.88. The minimum atomic E-state index is -1.63. The van der Waals surface area contributed by atoms with Crippen LogP contribution in [0.3, 0.4) is 0 Å². The molecule has 2 heterocycles. The van der Waals surface area contributed by atoms with Crippen LogP contribution in [0.15, 0.2) is 30.3 Å². The normalized spacial score (nSPS) is 24.5. The summed E-state index contributed by atoms with van der Waals surface area (Å²) in [7, 11) is 0. The van der Waals surface area contributed by atoms with E-state index < -0.39 is 162 Å². The summed E-state index contributed by atoms with van der Waals surface area (Å²) < 4.78 is 5.56. The fourth-order valence-electron chi connectivity index (χ4n) is 10.5. The van der Waals surface area contributed by atoms with E-state index in [0.29, 0.717) is 31.2 Å².